The Morgan fingerprint density at radius 1 is 1.14 bits per heavy atom. The van der Waals surface area contributed by atoms with Crippen LogP contribution in [0.1, 0.15) is 11.1 Å². The van der Waals surface area contributed by atoms with Gasteiger partial charge in [-0.25, -0.2) is 5.43 Å². The molecule has 28 heavy (non-hydrogen) atoms. The maximum absolute atomic E-state index is 11.9. The lowest BCUT2D eigenvalue weighted by Gasteiger charge is -2.00. The average molecular weight is 514 g/mol. The molecule has 0 atom stereocenters. The third-order valence-electron chi connectivity index (χ3n) is 3.32. The molecule has 0 saturated heterocycles. The monoisotopic (exact) mass is 512 g/mol. The zero-order valence-electron chi connectivity index (χ0n) is 14.3. The fourth-order valence-electron chi connectivity index (χ4n) is 1.98. The summed E-state index contributed by atoms with van der Waals surface area (Å²) in [5.74, 6) is 0.745. The fraction of sp³-hybridized carbons (Fsp3) is 0.111. The smallest absolute Gasteiger partial charge is 0.250 e. The van der Waals surface area contributed by atoms with E-state index < -0.39 is 0 Å². The molecule has 0 fully saturated rings. The van der Waals surface area contributed by atoms with Crippen molar-refractivity contribution in [1.82, 2.24) is 15.6 Å². The highest BCUT2D eigenvalue weighted by Gasteiger charge is 2.09. The van der Waals surface area contributed by atoms with Gasteiger partial charge in [-0.15, -0.1) is 10.2 Å². The molecular weight excluding hydrogens is 500 g/mol. The third-order valence-corrected chi connectivity index (χ3v) is 7.65. The molecule has 1 N–H and O–H groups in total. The second-order valence-electron chi connectivity index (χ2n) is 5.32. The van der Waals surface area contributed by atoms with E-state index in [1.165, 1.54) is 23.1 Å². The van der Waals surface area contributed by atoms with E-state index in [1.54, 1.807) is 18.0 Å². The summed E-state index contributed by atoms with van der Waals surface area (Å²) >= 11 is 14.0. The van der Waals surface area contributed by atoms with Crippen LogP contribution in [0.25, 0.3) is 0 Å². The van der Waals surface area contributed by atoms with E-state index >= 15 is 0 Å². The normalized spacial score (nSPS) is 11.1. The number of amides is 1. The highest BCUT2D eigenvalue weighted by atomic mass is 79.9. The number of benzene rings is 2. The van der Waals surface area contributed by atoms with Gasteiger partial charge in [-0.3, -0.25) is 4.79 Å². The van der Waals surface area contributed by atoms with Crippen molar-refractivity contribution in [2.24, 2.45) is 5.10 Å². The summed E-state index contributed by atoms with van der Waals surface area (Å²) in [4.78, 5) is 11.9. The Kier molecular flexibility index (Phi) is 8.35. The molecule has 144 valence electrons. The first-order valence-electron chi connectivity index (χ1n) is 8.01. The molecule has 0 radical (unpaired) electrons. The molecule has 0 bridgehead atoms. The minimum Gasteiger partial charge on any atom is -0.272 e. The van der Waals surface area contributed by atoms with Crippen molar-refractivity contribution in [3.8, 4) is 0 Å². The molecule has 3 aromatic rings. The van der Waals surface area contributed by atoms with Crippen molar-refractivity contribution in [3.63, 3.8) is 0 Å². The molecule has 0 aliphatic rings. The lowest BCUT2D eigenvalue weighted by molar-refractivity contribution is -0.118. The van der Waals surface area contributed by atoms with Gasteiger partial charge in [0.15, 0.2) is 8.68 Å². The van der Waals surface area contributed by atoms with Crippen LogP contribution in [-0.4, -0.2) is 28.1 Å². The predicted octanol–water partition coefficient (Wildman–Crippen LogP) is 5.49. The highest BCUT2D eigenvalue weighted by molar-refractivity contribution is 9.10. The Morgan fingerprint density at radius 3 is 2.64 bits per heavy atom. The summed E-state index contributed by atoms with van der Waals surface area (Å²) in [5.41, 5.74) is 4.46. The fourth-order valence-corrected chi connectivity index (χ4v) is 5.47. The number of aromatic nitrogens is 2. The van der Waals surface area contributed by atoms with E-state index in [0.717, 1.165) is 35.1 Å². The molecule has 1 amide bonds. The summed E-state index contributed by atoms with van der Waals surface area (Å²) in [6.45, 7) is 0. The van der Waals surface area contributed by atoms with E-state index in [2.05, 4.69) is 36.7 Å². The van der Waals surface area contributed by atoms with Gasteiger partial charge in [0, 0.05) is 20.8 Å². The van der Waals surface area contributed by atoms with Gasteiger partial charge in [0.25, 0.3) is 5.91 Å². The second kappa shape index (κ2) is 11.0. The molecule has 0 unspecified atom stereocenters. The number of halogens is 2. The minimum atomic E-state index is -0.200. The van der Waals surface area contributed by atoms with Crippen LogP contribution < -0.4 is 5.43 Å². The molecule has 10 heteroatoms. The number of hydrogen-bond donors (Lipinski definition) is 1. The number of nitrogens with one attached hydrogen (secondary N) is 1. The van der Waals surface area contributed by atoms with Crippen LogP contribution in [0.5, 0.6) is 0 Å². The largest absolute Gasteiger partial charge is 0.272 e. The SMILES string of the molecule is O=C(CSc1nnc(SCc2ccccc2Cl)s1)N/N=C\c1ccccc1Br. The number of nitrogens with zero attached hydrogens (tertiary/aromatic N) is 3. The molecule has 2 aromatic carbocycles. The molecule has 0 aliphatic carbocycles. The molecule has 0 aliphatic heterocycles. The van der Waals surface area contributed by atoms with Crippen LogP contribution in [0.15, 0.2) is 66.8 Å². The molecule has 0 saturated carbocycles. The van der Waals surface area contributed by atoms with Gasteiger partial charge in [0.05, 0.1) is 12.0 Å². The molecule has 1 heterocycles. The van der Waals surface area contributed by atoms with Crippen molar-refractivity contribution in [1.29, 1.82) is 0 Å². The van der Waals surface area contributed by atoms with Crippen molar-refractivity contribution in [3.05, 3.63) is 69.2 Å². The standard InChI is InChI=1S/C18H14BrClN4OS3/c19-14-7-3-1-5-12(14)9-21-22-16(25)11-27-18-24-23-17(28-18)26-10-13-6-2-4-8-15(13)20/h1-9H,10-11H2,(H,22,25)/b21-9-. The Hall–Kier alpha value is -1.39. The van der Waals surface area contributed by atoms with Crippen LogP contribution in [0.4, 0.5) is 0 Å². The number of rotatable bonds is 8. The van der Waals surface area contributed by atoms with Crippen LogP contribution in [0.2, 0.25) is 5.02 Å². The first kappa shape index (κ1) is 21.3. The second-order valence-corrected chi connectivity index (χ2v) is 10.0. The van der Waals surface area contributed by atoms with Gasteiger partial charge in [0.1, 0.15) is 0 Å². The molecule has 3 rings (SSSR count). The maximum atomic E-state index is 11.9. The topological polar surface area (TPSA) is 67.2 Å². The first-order chi connectivity index (χ1) is 13.6. The lowest BCUT2D eigenvalue weighted by atomic mass is 10.2. The summed E-state index contributed by atoms with van der Waals surface area (Å²) < 4.78 is 2.50. The first-order valence-corrected chi connectivity index (χ1v) is 12.0. The number of hydrazone groups is 1. The molecule has 0 spiro atoms. The number of hydrogen-bond acceptors (Lipinski definition) is 7. The van der Waals surface area contributed by atoms with Gasteiger partial charge >= 0.3 is 0 Å². The Balaban J connectivity index is 1.43. The highest BCUT2D eigenvalue weighted by Crippen LogP contribution is 2.32. The van der Waals surface area contributed by atoms with E-state index in [-0.39, 0.29) is 11.7 Å². The van der Waals surface area contributed by atoms with Gasteiger partial charge in [-0.2, -0.15) is 5.10 Å². The van der Waals surface area contributed by atoms with Crippen molar-refractivity contribution < 1.29 is 4.79 Å². The van der Waals surface area contributed by atoms with Crippen molar-refractivity contribution in [2.45, 2.75) is 14.4 Å². The van der Waals surface area contributed by atoms with E-state index in [4.69, 9.17) is 11.6 Å². The van der Waals surface area contributed by atoms with E-state index in [9.17, 15) is 4.79 Å². The van der Waals surface area contributed by atoms with Crippen LogP contribution in [-0.2, 0) is 10.5 Å². The Bertz CT molecular complexity index is 983. The molecule has 5 nitrogen and oxygen atoms in total. The van der Waals surface area contributed by atoms with Crippen molar-refractivity contribution >= 4 is 74.5 Å². The van der Waals surface area contributed by atoms with Crippen LogP contribution in [0.3, 0.4) is 0 Å². The predicted molar refractivity (Wildman–Crippen MR) is 122 cm³/mol. The maximum Gasteiger partial charge on any atom is 0.250 e. The minimum absolute atomic E-state index is 0.200. The zero-order valence-corrected chi connectivity index (χ0v) is 19.1. The Morgan fingerprint density at radius 2 is 1.86 bits per heavy atom. The van der Waals surface area contributed by atoms with E-state index in [0.29, 0.717) is 0 Å². The average Bonchev–Trinajstić information content (AvgIpc) is 3.15. The lowest BCUT2D eigenvalue weighted by Crippen LogP contribution is -2.19. The van der Waals surface area contributed by atoms with Crippen molar-refractivity contribution in [2.75, 3.05) is 5.75 Å². The quantitative estimate of drug-likeness (QED) is 0.245. The van der Waals surface area contributed by atoms with Gasteiger partial charge in [-0.05, 0) is 17.7 Å². The van der Waals surface area contributed by atoms with Crippen LogP contribution in [0, 0.1) is 0 Å². The Labute approximate surface area is 188 Å². The number of carbonyl (C=O) groups excluding carboxylic acids is 1. The number of thioether (sulfide) groups is 2. The third kappa shape index (κ3) is 6.59. The van der Waals surface area contributed by atoms with E-state index in [1.807, 2.05) is 48.5 Å². The number of carbonyl (C=O) groups is 1. The summed E-state index contributed by atoms with van der Waals surface area (Å²) in [6, 6.07) is 15.4. The summed E-state index contributed by atoms with van der Waals surface area (Å²) in [6.07, 6.45) is 1.60. The molecular formula is C18H14BrClN4OS3. The zero-order chi connectivity index (χ0) is 19.8. The van der Waals surface area contributed by atoms with Crippen LogP contribution >= 0.6 is 62.4 Å². The summed E-state index contributed by atoms with van der Waals surface area (Å²) in [7, 11) is 0. The van der Waals surface area contributed by atoms with Gasteiger partial charge < -0.3 is 0 Å². The molecule has 1 aromatic heterocycles. The summed E-state index contributed by atoms with van der Waals surface area (Å²) in [5, 5.41) is 13.0. The van der Waals surface area contributed by atoms with Gasteiger partial charge in [0.2, 0.25) is 0 Å². The van der Waals surface area contributed by atoms with Gasteiger partial charge in [-0.1, -0.05) is 98.8 Å².